The van der Waals surface area contributed by atoms with Gasteiger partial charge in [-0.1, -0.05) is 19.1 Å². The Hall–Kier alpha value is -2.58. The van der Waals surface area contributed by atoms with E-state index in [-0.39, 0.29) is 6.04 Å². The van der Waals surface area contributed by atoms with Crippen LogP contribution < -0.4 is 4.90 Å². The van der Waals surface area contributed by atoms with Crippen molar-refractivity contribution in [3.05, 3.63) is 42.2 Å². The lowest BCUT2D eigenvalue weighted by atomic mass is 10.2. The van der Waals surface area contributed by atoms with Gasteiger partial charge in [0, 0.05) is 20.0 Å². The van der Waals surface area contributed by atoms with Crippen LogP contribution in [0.15, 0.2) is 34.9 Å². The van der Waals surface area contributed by atoms with Crippen LogP contribution in [0.1, 0.15) is 18.7 Å². The molecule has 1 aliphatic heterocycles. The third kappa shape index (κ3) is 3.25. The molecule has 1 fully saturated rings. The smallest absolute Gasteiger partial charge is 0.230 e. The summed E-state index contributed by atoms with van der Waals surface area (Å²) >= 11 is 0. The minimum atomic E-state index is -0.479. The van der Waals surface area contributed by atoms with Crippen LogP contribution in [0.4, 0.5) is 5.82 Å². The maximum Gasteiger partial charge on any atom is 0.230 e. The molecule has 1 saturated heterocycles. The van der Waals surface area contributed by atoms with E-state index in [1.54, 1.807) is 13.1 Å². The Balaban J connectivity index is 1.52. The normalized spacial score (nSPS) is 20.4. The summed E-state index contributed by atoms with van der Waals surface area (Å²) in [5.41, 5.74) is 1.73. The first kappa shape index (κ1) is 16.9. The summed E-state index contributed by atoms with van der Waals surface area (Å²) in [6.45, 7) is 6.34. The van der Waals surface area contributed by atoms with Crippen molar-refractivity contribution in [3.63, 3.8) is 0 Å². The van der Waals surface area contributed by atoms with Crippen molar-refractivity contribution in [1.29, 1.82) is 0 Å². The molecule has 2 atom stereocenters. The van der Waals surface area contributed by atoms with Gasteiger partial charge in [-0.05, 0) is 18.7 Å². The Kier molecular flexibility index (Phi) is 4.52. The zero-order valence-electron chi connectivity index (χ0n) is 14.9. The van der Waals surface area contributed by atoms with Gasteiger partial charge in [0.15, 0.2) is 0 Å². The molecule has 1 aliphatic rings. The number of nitrogens with zero attached hydrogens (tertiary/aromatic N) is 6. The largest absolute Gasteiger partial charge is 0.424 e. The molecule has 0 amide bonds. The molecular formula is C18H22N6O2. The molecule has 8 heteroatoms. The van der Waals surface area contributed by atoms with Crippen LogP contribution in [0.25, 0.3) is 11.0 Å². The zero-order valence-corrected chi connectivity index (χ0v) is 14.9. The standard InChI is InChI=1S/C18H22N6O2/c1-3-23(11-18-22-21-12(2)26-18)15-9-24(10-16(15)25)17-8-19-13-6-4-5-7-14(13)20-17/h4-8,15-16,25H,3,9-11H2,1-2H3/t15?,16-/m1/s1. The third-order valence-corrected chi connectivity index (χ3v) is 4.80. The van der Waals surface area contributed by atoms with Crippen molar-refractivity contribution < 1.29 is 9.52 Å². The number of aromatic nitrogens is 4. The number of para-hydroxylation sites is 2. The highest BCUT2D eigenvalue weighted by atomic mass is 16.4. The van der Waals surface area contributed by atoms with E-state index < -0.39 is 6.10 Å². The summed E-state index contributed by atoms with van der Waals surface area (Å²) in [5, 5.41) is 18.6. The van der Waals surface area contributed by atoms with E-state index in [0.29, 0.717) is 31.4 Å². The average molecular weight is 354 g/mol. The van der Waals surface area contributed by atoms with Gasteiger partial charge in [-0.25, -0.2) is 4.98 Å². The van der Waals surface area contributed by atoms with Gasteiger partial charge in [-0.15, -0.1) is 10.2 Å². The molecule has 1 unspecified atom stereocenters. The van der Waals surface area contributed by atoms with Gasteiger partial charge in [0.25, 0.3) is 0 Å². The quantitative estimate of drug-likeness (QED) is 0.735. The van der Waals surface area contributed by atoms with Crippen molar-refractivity contribution in [2.75, 3.05) is 24.5 Å². The Morgan fingerprint density at radius 2 is 2.04 bits per heavy atom. The maximum absolute atomic E-state index is 10.6. The van der Waals surface area contributed by atoms with Crippen molar-refractivity contribution in [3.8, 4) is 0 Å². The molecular weight excluding hydrogens is 332 g/mol. The number of benzene rings is 1. The van der Waals surface area contributed by atoms with E-state index in [4.69, 9.17) is 9.40 Å². The molecule has 3 heterocycles. The molecule has 8 nitrogen and oxygen atoms in total. The van der Waals surface area contributed by atoms with Crippen LogP contribution in [0, 0.1) is 6.92 Å². The maximum atomic E-state index is 10.6. The lowest BCUT2D eigenvalue weighted by Crippen LogP contribution is -2.42. The third-order valence-electron chi connectivity index (χ3n) is 4.80. The topological polar surface area (TPSA) is 91.4 Å². The molecule has 0 radical (unpaired) electrons. The monoisotopic (exact) mass is 354 g/mol. The number of aliphatic hydroxyl groups is 1. The predicted octanol–water partition coefficient (Wildman–Crippen LogP) is 1.39. The lowest BCUT2D eigenvalue weighted by Gasteiger charge is -2.27. The molecule has 26 heavy (non-hydrogen) atoms. The Morgan fingerprint density at radius 3 is 2.77 bits per heavy atom. The first-order valence-corrected chi connectivity index (χ1v) is 8.82. The number of hydrogen-bond acceptors (Lipinski definition) is 8. The van der Waals surface area contributed by atoms with E-state index in [1.807, 2.05) is 24.3 Å². The van der Waals surface area contributed by atoms with Gasteiger partial charge >= 0.3 is 0 Å². The van der Waals surface area contributed by atoms with Crippen molar-refractivity contribution >= 4 is 16.9 Å². The minimum absolute atomic E-state index is 0.0273. The van der Waals surface area contributed by atoms with Gasteiger partial charge in [-0.3, -0.25) is 9.88 Å². The molecule has 0 spiro atoms. The van der Waals surface area contributed by atoms with Crippen LogP contribution >= 0.6 is 0 Å². The number of rotatable bonds is 5. The highest BCUT2D eigenvalue weighted by Crippen LogP contribution is 2.24. The summed E-state index contributed by atoms with van der Waals surface area (Å²) < 4.78 is 5.49. The predicted molar refractivity (Wildman–Crippen MR) is 96.7 cm³/mol. The van der Waals surface area contributed by atoms with Gasteiger partial charge in [0.1, 0.15) is 5.82 Å². The first-order valence-electron chi connectivity index (χ1n) is 8.82. The second kappa shape index (κ2) is 6.97. The molecule has 2 aromatic heterocycles. The summed E-state index contributed by atoms with van der Waals surface area (Å²) in [6, 6.07) is 7.77. The number of β-amino-alcohol motifs (C(OH)–C–C–N with tert-alkyl or cyclic N) is 1. The van der Waals surface area contributed by atoms with E-state index in [2.05, 4.69) is 31.9 Å². The molecule has 0 bridgehead atoms. The molecule has 0 saturated carbocycles. The molecule has 136 valence electrons. The number of aliphatic hydroxyl groups excluding tert-OH is 1. The molecule has 0 aliphatic carbocycles. The Labute approximate surface area is 151 Å². The number of fused-ring (bicyclic) bond motifs is 1. The minimum Gasteiger partial charge on any atom is -0.424 e. The molecule has 3 aromatic rings. The fourth-order valence-corrected chi connectivity index (χ4v) is 3.45. The fourth-order valence-electron chi connectivity index (χ4n) is 3.45. The van der Waals surface area contributed by atoms with Gasteiger partial charge in [0.2, 0.25) is 11.8 Å². The van der Waals surface area contributed by atoms with Crippen LogP contribution in [-0.2, 0) is 6.54 Å². The number of likely N-dealkylation sites (N-methyl/N-ethyl adjacent to an activating group) is 1. The lowest BCUT2D eigenvalue weighted by molar-refractivity contribution is 0.0761. The van der Waals surface area contributed by atoms with E-state index in [0.717, 1.165) is 23.4 Å². The Bertz CT molecular complexity index is 898. The Morgan fingerprint density at radius 1 is 1.23 bits per heavy atom. The van der Waals surface area contributed by atoms with Crippen LogP contribution in [-0.4, -0.2) is 62.0 Å². The van der Waals surface area contributed by atoms with Crippen LogP contribution in [0.2, 0.25) is 0 Å². The highest BCUT2D eigenvalue weighted by Gasteiger charge is 2.36. The summed E-state index contributed by atoms with van der Waals surface area (Å²) in [7, 11) is 0. The average Bonchev–Trinajstić information content (AvgIpc) is 3.24. The number of hydrogen-bond donors (Lipinski definition) is 1. The molecule has 4 rings (SSSR count). The second-order valence-corrected chi connectivity index (χ2v) is 6.53. The van der Waals surface area contributed by atoms with Crippen LogP contribution in [0.3, 0.4) is 0 Å². The van der Waals surface area contributed by atoms with Crippen molar-refractivity contribution in [2.45, 2.75) is 32.5 Å². The summed E-state index contributed by atoms with van der Waals surface area (Å²) in [6.07, 6.45) is 1.29. The highest BCUT2D eigenvalue weighted by molar-refractivity contribution is 5.75. The number of anilines is 1. The van der Waals surface area contributed by atoms with Gasteiger partial charge < -0.3 is 14.4 Å². The van der Waals surface area contributed by atoms with Crippen LogP contribution in [0.5, 0.6) is 0 Å². The first-order chi connectivity index (χ1) is 12.6. The van der Waals surface area contributed by atoms with E-state index >= 15 is 0 Å². The summed E-state index contributed by atoms with van der Waals surface area (Å²) in [4.78, 5) is 13.4. The molecule has 1 N–H and O–H groups in total. The molecule has 1 aromatic carbocycles. The van der Waals surface area contributed by atoms with Crippen molar-refractivity contribution in [1.82, 2.24) is 25.1 Å². The summed E-state index contributed by atoms with van der Waals surface area (Å²) in [5.74, 6) is 1.91. The zero-order chi connectivity index (χ0) is 18.1. The van der Waals surface area contributed by atoms with Gasteiger partial charge in [0.05, 0.1) is 35.9 Å². The van der Waals surface area contributed by atoms with E-state index in [9.17, 15) is 5.11 Å². The van der Waals surface area contributed by atoms with E-state index in [1.165, 1.54) is 0 Å². The van der Waals surface area contributed by atoms with Gasteiger partial charge in [-0.2, -0.15) is 0 Å². The number of aryl methyl sites for hydroxylation is 1. The second-order valence-electron chi connectivity index (χ2n) is 6.53. The fraction of sp³-hybridized carbons (Fsp3) is 0.444. The SMILES string of the molecule is CCN(Cc1nnc(C)o1)C1CN(c2cnc3ccccc3n2)C[C@H]1O. The van der Waals surface area contributed by atoms with Crippen molar-refractivity contribution in [2.24, 2.45) is 0 Å².